The molecular weight excluding hydrogens is 473 g/mol. The van der Waals surface area contributed by atoms with E-state index >= 15 is 0 Å². The topological polar surface area (TPSA) is 34.1 Å². The number of anilines is 1. The molecule has 6 heteroatoms. The van der Waals surface area contributed by atoms with Crippen molar-refractivity contribution in [2.45, 2.75) is 32.6 Å². The maximum atomic E-state index is 4.39. The van der Waals surface area contributed by atoms with Crippen LogP contribution < -0.4 is 10.2 Å². The molecule has 0 bridgehead atoms. The molecule has 1 fully saturated rings. The van der Waals surface area contributed by atoms with Gasteiger partial charge in [-0.2, -0.15) is 0 Å². The van der Waals surface area contributed by atoms with Crippen molar-refractivity contribution in [1.29, 1.82) is 0 Å². The molecule has 1 N–H and O–H groups in total. The highest BCUT2D eigenvalue weighted by atomic mass is 127. The van der Waals surface area contributed by atoms with E-state index in [1.54, 1.807) is 0 Å². The highest BCUT2D eigenvalue weighted by Crippen LogP contribution is 2.17. The molecule has 0 aromatic heterocycles. The summed E-state index contributed by atoms with van der Waals surface area (Å²) < 4.78 is 0. The van der Waals surface area contributed by atoms with Crippen LogP contribution >= 0.6 is 24.0 Å². The molecule has 0 unspecified atom stereocenters. The van der Waals surface area contributed by atoms with Crippen LogP contribution in [0.1, 0.15) is 31.2 Å². The third-order valence-corrected chi connectivity index (χ3v) is 5.40. The Morgan fingerprint density at radius 3 is 2.62 bits per heavy atom. The second-order valence-corrected chi connectivity index (χ2v) is 7.70. The first-order valence-electron chi connectivity index (χ1n) is 10.7. The zero-order chi connectivity index (χ0) is 20.2. The predicted octanol–water partition coefficient (Wildman–Crippen LogP) is 3.99. The lowest BCUT2D eigenvalue weighted by Crippen LogP contribution is -2.46. The van der Waals surface area contributed by atoms with Crippen molar-refractivity contribution in [2.75, 3.05) is 64.8 Å². The number of hydrogen-bond acceptors (Lipinski definition) is 3. The lowest BCUT2D eigenvalue weighted by molar-refractivity contribution is 0.253. The van der Waals surface area contributed by atoms with Crippen LogP contribution in [0.3, 0.4) is 0 Å². The summed E-state index contributed by atoms with van der Waals surface area (Å²) in [5.41, 5.74) is 2.71. The average molecular weight is 514 g/mol. The van der Waals surface area contributed by atoms with Crippen LogP contribution in [0.15, 0.2) is 41.9 Å². The Hall–Kier alpha value is -1.28. The lowest BCUT2D eigenvalue weighted by atomic mass is 10.2. The summed E-state index contributed by atoms with van der Waals surface area (Å²) in [4.78, 5) is 11.7. The standard InChI is InChI=1S/C23H39N5.HI/c1-5-6-8-14-26(4)23(24-3)25-13-7-9-15-27-16-18-28(19-17-27)22-12-10-11-21(2)20-22;/h5,10-12,20H,1,6-9,13-19H2,2-4H3,(H,24,25);1H. The first-order chi connectivity index (χ1) is 13.6. The van der Waals surface area contributed by atoms with Crippen molar-refractivity contribution in [3.63, 3.8) is 0 Å². The maximum Gasteiger partial charge on any atom is 0.193 e. The van der Waals surface area contributed by atoms with E-state index in [4.69, 9.17) is 0 Å². The third kappa shape index (κ3) is 9.38. The van der Waals surface area contributed by atoms with Crippen molar-refractivity contribution in [3.05, 3.63) is 42.5 Å². The minimum atomic E-state index is 0. The quantitative estimate of drug-likeness (QED) is 0.169. The summed E-state index contributed by atoms with van der Waals surface area (Å²) in [5.74, 6) is 0.996. The molecule has 0 atom stereocenters. The van der Waals surface area contributed by atoms with E-state index in [1.807, 2.05) is 13.1 Å². The fourth-order valence-electron chi connectivity index (χ4n) is 3.68. The Labute approximate surface area is 195 Å². The zero-order valence-electron chi connectivity index (χ0n) is 18.6. The minimum Gasteiger partial charge on any atom is -0.369 e. The molecule has 0 amide bonds. The van der Waals surface area contributed by atoms with Crippen LogP contribution in [-0.4, -0.2) is 75.7 Å². The van der Waals surface area contributed by atoms with E-state index in [-0.39, 0.29) is 24.0 Å². The molecule has 0 radical (unpaired) electrons. The van der Waals surface area contributed by atoms with Gasteiger partial charge in [-0.05, 0) is 56.8 Å². The molecule has 1 aliphatic rings. The monoisotopic (exact) mass is 513 g/mol. The number of benzene rings is 1. The van der Waals surface area contributed by atoms with Crippen molar-refractivity contribution < 1.29 is 0 Å². The highest BCUT2D eigenvalue weighted by molar-refractivity contribution is 14.0. The molecule has 1 aliphatic heterocycles. The van der Waals surface area contributed by atoms with Crippen LogP contribution in [0, 0.1) is 6.92 Å². The molecular formula is C23H40IN5. The van der Waals surface area contributed by atoms with Gasteiger partial charge in [0.1, 0.15) is 0 Å². The molecule has 1 saturated heterocycles. The Morgan fingerprint density at radius 1 is 1.21 bits per heavy atom. The number of piperazine rings is 1. The van der Waals surface area contributed by atoms with E-state index in [0.29, 0.717) is 0 Å². The van der Waals surface area contributed by atoms with Crippen molar-refractivity contribution >= 4 is 35.6 Å². The number of unbranched alkanes of at least 4 members (excludes halogenated alkanes) is 2. The van der Waals surface area contributed by atoms with Gasteiger partial charge in [-0.25, -0.2) is 0 Å². The van der Waals surface area contributed by atoms with Gasteiger partial charge in [0.25, 0.3) is 0 Å². The van der Waals surface area contributed by atoms with Crippen LogP contribution in [0.5, 0.6) is 0 Å². The number of hydrogen-bond donors (Lipinski definition) is 1. The number of rotatable bonds is 10. The normalized spacial score (nSPS) is 15.0. The Morgan fingerprint density at radius 2 is 1.97 bits per heavy atom. The first-order valence-corrected chi connectivity index (χ1v) is 10.7. The van der Waals surface area contributed by atoms with Gasteiger partial charge in [0, 0.05) is 59.1 Å². The van der Waals surface area contributed by atoms with Crippen molar-refractivity contribution in [2.24, 2.45) is 4.99 Å². The van der Waals surface area contributed by atoms with Crippen LogP contribution in [0.2, 0.25) is 0 Å². The molecule has 0 aliphatic carbocycles. The minimum absolute atomic E-state index is 0. The zero-order valence-corrected chi connectivity index (χ0v) is 20.9. The summed E-state index contributed by atoms with van der Waals surface area (Å²) in [6.45, 7) is 13.7. The third-order valence-electron chi connectivity index (χ3n) is 5.40. The van der Waals surface area contributed by atoms with Gasteiger partial charge in [-0.15, -0.1) is 30.6 Å². The number of halogens is 1. The van der Waals surface area contributed by atoms with Crippen molar-refractivity contribution in [3.8, 4) is 0 Å². The molecule has 0 spiro atoms. The Bertz CT molecular complexity index is 611. The fourth-order valence-corrected chi connectivity index (χ4v) is 3.68. The smallest absolute Gasteiger partial charge is 0.193 e. The second-order valence-electron chi connectivity index (χ2n) is 7.70. The van der Waals surface area contributed by atoms with Gasteiger partial charge < -0.3 is 15.1 Å². The second kappa shape index (κ2) is 14.7. The summed E-state index contributed by atoms with van der Waals surface area (Å²) in [6, 6.07) is 8.86. The van der Waals surface area contributed by atoms with Gasteiger partial charge in [0.05, 0.1) is 0 Å². The highest BCUT2D eigenvalue weighted by Gasteiger charge is 2.16. The molecule has 1 aromatic carbocycles. The number of aryl methyl sites for hydroxylation is 1. The summed E-state index contributed by atoms with van der Waals surface area (Å²) in [5, 5.41) is 3.49. The summed E-state index contributed by atoms with van der Waals surface area (Å²) in [6.07, 6.45) is 6.56. The van der Waals surface area contributed by atoms with E-state index < -0.39 is 0 Å². The SMILES string of the molecule is C=CCCCN(C)C(=NC)NCCCCN1CCN(c2cccc(C)c2)CC1.I. The first kappa shape index (κ1) is 25.8. The summed E-state index contributed by atoms with van der Waals surface area (Å²) >= 11 is 0. The maximum absolute atomic E-state index is 4.39. The van der Waals surface area contributed by atoms with E-state index in [9.17, 15) is 0 Å². The van der Waals surface area contributed by atoms with E-state index in [2.05, 4.69) is 69.8 Å². The van der Waals surface area contributed by atoms with Gasteiger partial charge in [0.2, 0.25) is 0 Å². The van der Waals surface area contributed by atoms with Crippen LogP contribution in [0.25, 0.3) is 0 Å². The van der Waals surface area contributed by atoms with Crippen molar-refractivity contribution in [1.82, 2.24) is 15.1 Å². The Kier molecular flexibility index (Phi) is 13.0. The number of nitrogens with one attached hydrogen (secondary N) is 1. The largest absolute Gasteiger partial charge is 0.369 e. The molecule has 1 aromatic rings. The van der Waals surface area contributed by atoms with Gasteiger partial charge in [-0.3, -0.25) is 9.89 Å². The predicted molar refractivity (Wildman–Crippen MR) is 138 cm³/mol. The van der Waals surface area contributed by atoms with Gasteiger partial charge in [0.15, 0.2) is 5.96 Å². The fraction of sp³-hybridized carbons (Fsp3) is 0.609. The molecule has 29 heavy (non-hydrogen) atoms. The molecule has 164 valence electrons. The average Bonchev–Trinajstić information content (AvgIpc) is 2.71. The van der Waals surface area contributed by atoms with Gasteiger partial charge in [-0.1, -0.05) is 18.2 Å². The number of allylic oxidation sites excluding steroid dienone is 1. The molecule has 2 rings (SSSR count). The number of guanidine groups is 1. The van der Waals surface area contributed by atoms with Gasteiger partial charge >= 0.3 is 0 Å². The molecule has 5 nitrogen and oxygen atoms in total. The van der Waals surface area contributed by atoms with E-state index in [0.717, 1.165) is 58.1 Å². The van der Waals surface area contributed by atoms with E-state index in [1.165, 1.54) is 30.6 Å². The molecule has 0 saturated carbocycles. The Balaban J connectivity index is 0.00000420. The molecule has 1 heterocycles. The number of nitrogens with zero attached hydrogens (tertiary/aromatic N) is 4. The number of aliphatic imine (C=N–C) groups is 1. The summed E-state index contributed by atoms with van der Waals surface area (Å²) in [7, 11) is 3.96. The van der Waals surface area contributed by atoms with Crippen LogP contribution in [0.4, 0.5) is 5.69 Å². The van der Waals surface area contributed by atoms with Crippen LogP contribution in [-0.2, 0) is 0 Å². The lowest BCUT2D eigenvalue weighted by Gasteiger charge is -2.36.